The first-order valence-electron chi connectivity index (χ1n) is 13.3. The summed E-state index contributed by atoms with van der Waals surface area (Å²) in [7, 11) is 0. The van der Waals surface area contributed by atoms with E-state index in [4.69, 9.17) is 18.9 Å². The molecule has 1 unspecified atom stereocenters. The minimum Gasteiger partial charge on any atom is -0.507 e. The van der Waals surface area contributed by atoms with E-state index in [1.165, 1.54) is 4.90 Å². The molecule has 0 radical (unpaired) electrons. The molecule has 1 fully saturated rings. The molecule has 208 valence electrons. The van der Waals surface area contributed by atoms with Crippen molar-refractivity contribution in [3.8, 4) is 23.0 Å². The van der Waals surface area contributed by atoms with Crippen LogP contribution in [0.1, 0.15) is 50.4 Å². The molecule has 2 aliphatic rings. The molecule has 3 aromatic rings. The maximum atomic E-state index is 13.5. The predicted octanol–water partition coefficient (Wildman–Crippen LogP) is 6.17. The van der Waals surface area contributed by atoms with Gasteiger partial charge in [-0.2, -0.15) is 0 Å². The van der Waals surface area contributed by atoms with Crippen LogP contribution in [-0.2, 0) is 9.59 Å². The van der Waals surface area contributed by atoms with Crippen molar-refractivity contribution < 1.29 is 33.6 Å². The number of carbonyl (C=O) groups excluding carboxylic acids is 2. The van der Waals surface area contributed by atoms with Crippen LogP contribution in [0.25, 0.3) is 5.76 Å². The molecule has 8 heteroatoms. The number of rotatable bonds is 8. The Morgan fingerprint density at radius 1 is 0.975 bits per heavy atom. The number of nitrogens with zero attached hydrogens (tertiary/aromatic N) is 1. The van der Waals surface area contributed by atoms with Crippen molar-refractivity contribution in [2.24, 2.45) is 5.92 Å². The van der Waals surface area contributed by atoms with Crippen LogP contribution in [0.2, 0.25) is 0 Å². The maximum absolute atomic E-state index is 13.5. The topological polar surface area (TPSA) is 94.5 Å². The number of amides is 1. The fraction of sp³-hybridized carbons (Fsp3) is 0.312. The van der Waals surface area contributed by atoms with Gasteiger partial charge in [-0.15, -0.1) is 0 Å². The minimum absolute atomic E-state index is 0.00422. The molecule has 3 aromatic carbocycles. The largest absolute Gasteiger partial charge is 0.507 e. The van der Waals surface area contributed by atoms with Gasteiger partial charge in [-0.05, 0) is 80.3 Å². The van der Waals surface area contributed by atoms with E-state index in [1.54, 1.807) is 60.7 Å². The highest BCUT2D eigenvalue weighted by molar-refractivity contribution is 6.51. The summed E-state index contributed by atoms with van der Waals surface area (Å²) in [5, 5.41) is 11.5. The molecule has 0 bridgehead atoms. The van der Waals surface area contributed by atoms with Gasteiger partial charge in [-0.25, -0.2) is 0 Å². The minimum atomic E-state index is -0.884. The van der Waals surface area contributed by atoms with E-state index in [1.807, 2.05) is 20.8 Å². The fourth-order valence-electron chi connectivity index (χ4n) is 4.82. The van der Waals surface area contributed by atoms with E-state index < -0.39 is 17.7 Å². The zero-order valence-electron chi connectivity index (χ0n) is 23.3. The second-order valence-electron chi connectivity index (χ2n) is 10.6. The van der Waals surface area contributed by atoms with Crippen molar-refractivity contribution in [2.75, 3.05) is 18.3 Å². The van der Waals surface area contributed by atoms with Gasteiger partial charge in [0.25, 0.3) is 11.7 Å². The van der Waals surface area contributed by atoms with Crippen molar-refractivity contribution in [3.05, 3.63) is 82.9 Å². The van der Waals surface area contributed by atoms with Gasteiger partial charge in [0, 0.05) is 17.3 Å². The van der Waals surface area contributed by atoms with Crippen molar-refractivity contribution in [1.82, 2.24) is 0 Å². The van der Waals surface area contributed by atoms with Crippen molar-refractivity contribution in [3.63, 3.8) is 0 Å². The summed E-state index contributed by atoms with van der Waals surface area (Å²) < 4.78 is 22.6. The highest BCUT2D eigenvalue weighted by atomic mass is 16.7. The molecule has 1 saturated heterocycles. The molecular formula is C32H33NO7. The molecular weight excluding hydrogens is 510 g/mol. The van der Waals surface area contributed by atoms with Crippen LogP contribution in [0.15, 0.2) is 66.2 Å². The third-order valence-electron chi connectivity index (χ3n) is 6.67. The lowest BCUT2D eigenvalue weighted by Gasteiger charge is -2.26. The number of aryl methyl sites for hydroxylation is 1. The number of hydrogen-bond acceptors (Lipinski definition) is 7. The van der Waals surface area contributed by atoms with Crippen molar-refractivity contribution >= 4 is 23.1 Å². The first-order valence-corrected chi connectivity index (χ1v) is 13.3. The van der Waals surface area contributed by atoms with E-state index in [0.29, 0.717) is 52.3 Å². The Balaban J connectivity index is 1.61. The smallest absolute Gasteiger partial charge is 0.300 e. The van der Waals surface area contributed by atoms with Crippen molar-refractivity contribution in [1.29, 1.82) is 0 Å². The Morgan fingerprint density at radius 2 is 1.70 bits per heavy atom. The molecule has 1 amide bonds. The lowest BCUT2D eigenvalue weighted by Crippen LogP contribution is -2.29. The number of carbonyl (C=O) groups is 2. The quantitative estimate of drug-likeness (QED) is 0.206. The van der Waals surface area contributed by atoms with Gasteiger partial charge >= 0.3 is 0 Å². The molecule has 5 rings (SSSR count). The summed E-state index contributed by atoms with van der Waals surface area (Å²) in [5.41, 5.74) is 2.31. The predicted molar refractivity (Wildman–Crippen MR) is 151 cm³/mol. The van der Waals surface area contributed by atoms with E-state index >= 15 is 0 Å². The fourth-order valence-corrected chi connectivity index (χ4v) is 4.82. The van der Waals surface area contributed by atoms with Gasteiger partial charge in [0.1, 0.15) is 17.3 Å². The SMILES string of the molecule is Cc1cc(/C(O)=C2\C(=O)C(=O)N(c3ccc4c(c3)OCO4)C2c2ccc(OC(C)C)cc2)ccc1OCC(C)C. The Kier molecular flexibility index (Phi) is 7.43. The molecule has 0 aromatic heterocycles. The molecule has 40 heavy (non-hydrogen) atoms. The van der Waals surface area contributed by atoms with E-state index in [0.717, 1.165) is 5.56 Å². The number of aliphatic hydroxyl groups excluding tert-OH is 1. The Hall–Kier alpha value is -4.46. The maximum Gasteiger partial charge on any atom is 0.300 e. The summed E-state index contributed by atoms with van der Waals surface area (Å²) in [6.45, 7) is 10.5. The number of benzene rings is 3. The van der Waals surface area contributed by atoms with Gasteiger partial charge in [0.15, 0.2) is 11.5 Å². The number of Topliss-reactive ketones (excluding diaryl/α,β-unsaturated/α-hetero) is 1. The van der Waals surface area contributed by atoms with Crippen LogP contribution >= 0.6 is 0 Å². The Bertz CT molecular complexity index is 1470. The zero-order chi connectivity index (χ0) is 28.6. The van der Waals surface area contributed by atoms with Gasteiger partial charge in [-0.3, -0.25) is 14.5 Å². The van der Waals surface area contributed by atoms with Crippen LogP contribution in [0.5, 0.6) is 23.0 Å². The molecule has 0 spiro atoms. The van der Waals surface area contributed by atoms with Crippen LogP contribution in [0, 0.1) is 12.8 Å². The lowest BCUT2D eigenvalue weighted by molar-refractivity contribution is -0.132. The van der Waals surface area contributed by atoms with Crippen LogP contribution in [0.3, 0.4) is 0 Å². The van der Waals surface area contributed by atoms with Crippen LogP contribution < -0.4 is 23.8 Å². The van der Waals surface area contributed by atoms with Crippen molar-refractivity contribution in [2.45, 2.75) is 46.8 Å². The van der Waals surface area contributed by atoms with Gasteiger partial charge in [0.05, 0.1) is 24.3 Å². The van der Waals surface area contributed by atoms with Gasteiger partial charge < -0.3 is 24.1 Å². The van der Waals surface area contributed by atoms with E-state index in [9.17, 15) is 14.7 Å². The Morgan fingerprint density at radius 3 is 2.38 bits per heavy atom. The third-order valence-corrected chi connectivity index (χ3v) is 6.67. The molecule has 8 nitrogen and oxygen atoms in total. The molecule has 2 aliphatic heterocycles. The Labute approximate surface area is 233 Å². The number of ketones is 1. The second kappa shape index (κ2) is 11.0. The third kappa shape index (κ3) is 5.21. The van der Waals surface area contributed by atoms with E-state index in [-0.39, 0.29) is 24.2 Å². The number of hydrogen-bond donors (Lipinski definition) is 1. The lowest BCUT2D eigenvalue weighted by atomic mass is 9.94. The highest BCUT2D eigenvalue weighted by Gasteiger charge is 2.47. The number of aliphatic hydroxyl groups is 1. The zero-order valence-corrected chi connectivity index (χ0v) is 23.3. The van der Waals surface area contributed by atoms with Gasteiger partial charge in [0.2, 0.25) is 6.79 Å². The normalized spacial score (nSPS) is 17.7. The molecule has 1 atom stereocenters. The molecule has 1 N–H and O–H groups in total. The molecule has 2 heterocycles. The molecule has 0 saturated carbocycles. The summed E-state index contributed by atoms with van der Waals surface area (Å²) in [4.78, 5) is 28.5. The first kappa shape index (κ1) is 27.1. The number of anilines is 1. The average molecular weight is 544 g/mol. The summed E-state index contributed by atoms with van der Waals surface area (Å²) in [5.74, 6) is 0.968. The number of fused-ring (bicyclic) bond motifs is 1. The summed E-state index contributed by atoms with van der Waals surface area (Å²) in [6.07, 6.45) is -0.0131. The average Bonchev–Trinajstić information content (AvgIpc) is 3.49. The monoisotopic (exact) mass is 543 g/mol. The summed E-state index contributed by atoms with van der Waals surface area (Å²) in [6, 6.07) is 16.6. The first-order chi connectivity index (χ1) is 19.1. The summed E-state index contributed by atoms with van der Waals surface area (Å²) >= 11 is 0. The standard InChI is InChI=1S/C32H33NO7/c1-18(2)16-37-25-12-8-22(14-20(25)5)30(34)28-29(21-6-10-24(11-7-21)40-19(3)4)33(32(36)31(28)35)23-9-13-26-27(15-23)39-17-38-26/h6-15,18-19,29,34H,16-17H2,1-5H3/b30-28+. The van der Waals surface area contributed by atoms with Gasteiger partial charge in [-0.1, -0.05) is 26.0 Å². The van der Waals surface area contributed by atoms with E-state index in [2.05, 4.69) is 13.8 Å². The molecule has 0 aliphatic carbocycles. The highest BCUT2D eigenvalue weighted by Crippen LogP contribution is 2.45. The van der Waals surface area contributed by atoms with Crippen LogP contribution in [0.4, 0.5) is 5.69 Å². The van der Waals surface area contributed by atoms with Crippen LogP contribution in [-0.4, -0.2) is 36.3 Å². The second-order valence-corrected chi connectivity index (χ2v) is 10.6. The number of ether oxygens (including phenoxy) is 4.